The first-order chi connectivity index (χ1) is 11.8. The van der Waals surface area contributed by atoms with Gasteiger partial charge < -0.3 is 0 Å². The zero-order chi connectivity index (χ0) is 17.6. The van der Waals surface area contributed by atoms with Crippen LogP contribution >= 0.6 is 0 Å². The molecule has 0 aliphatic heterocycles. The van der Waals surface area contributed by atoms with Crippen LogP contribution in [0, 0.1) is 0 Å². The van der Waals surface area contributed by atoms with Gasteiger partial charge in [0, 0.05) is 0 Å². The Morgan fingerprint density at radius 3 is 1.08 bits per heavy atom. The maximum atomic E-state index is 2.56. The molecule has 1 aromatic rings. The van der Waals surface area contributed by atoms with Crippen LogP contribution in [0.1, 0.15) is 79.1 Å². The molecule has 0 unspecified atom stereocenters. The number of benzene rings is 1. The van der Waals surface area contributed by atoms with Crippen molar-refractivity contribution in [2.75, 3.05) is 0 Å². The number of hydrogen-bond donors (Lipinski definition) is 0. The summed E-state index contributed by atoms with van der Waals surface area (Å²) >= 11 is -1.67. The maximum absolute atomic E-state index is 2.56. The van der Waals surface area contributed by atoms with Gasteiger partial charge in [0.2, 0.25) is 0 Å². The normalized spacial score (nSPS) is 11.6. The van der Waals surface area contributed by atoms with E-state index in [1.165, 1.54) is 51.4 Å². The fourth-order valence-electron chi connectivity index (χ4n) is 3.10. The Hall–Kier alpha value is 0.337. The summed E-state index contributed by atoms with van der Waals surface area (Å²) < 4.78 is 3.80. The Morgan fingerprint density at radius 2 is 0.833 bits per heavy atom. The number of rotatable bonds is 14. The third kappa shape index (κ3) is 8.14. The zero-order valence-corrected chi connectivity index (χ0v) is 20.4. The summed E-state index contributed by atoms with van der Waals surface area (Å²) in [5.41, 5.74) is 0. The minimum atomic E-state index is -0.833. The Bertz CT molecular complexity index is 361. The standard InChI is InChI=1S/C22H40As2/c1-5-9-17-23(18-10-6-2)21-15-13-14-16-22(21)24(19-11-7-3)20-12-8-4/h13-16H,5-12,17-20H2,1-4H3. The van der Waals surface area contributed by atoms with Gasteiger partial charge in [-0.05, 0) is 0 Å². The molecule has 0 aliphatic carbocycles. The van der Waals surface area contributed by atoms with Crippen molar-refractivity contribution in [3.8, 4) is 0 Å². The Labute approximate surface area is 161 Å². The summed E-state index contributed by atoms with van der Waals surface area (Å²) in [6.07, 6.45) is 11.3. The van der Waals surface area contributed by atoms with Gasteiger partial charge >= 0.3 is 162 Å². The molecule has 0 fully saturated rings. The first-order valence-corrected chi connectivity index (χ1v) is 17.6. The summed E-state index contributed by atoms with van der Waals surface area (Å²) in [7, 11) is 0. The summed E-state index contributed by atoms with van der Waals surface area (Å²) in [4.78, 5) is 0. The van der Waals surface area contributed by atoms with E-state index in [9.17, 15) is 0 Å². The van der Waals surface area contributed by atoms with Crippen LogP contribution in [0.3, 0.4) is 0 Å². The molecule has 0 aromatic heterocycles. The average molecular weight is 454 g/mol. The van der Waals surface area contributed by atoms with Gasteiger partial charge in [-0.15, -0.1) is 0 Å². The first-order valence-electron chi connectivity index (χ1n) is 10.4. The second-order valence-corrected chi connectivity index (χ2v) is 17.2. The molecule has 0 saturated carbocycles. The van der Waals surface area contributed by atoms with Gasteiger partial charge in [0.25, 0.3) is 0 Å². The molecule has 2 heteroatoms. The summed E-state index contributed by atoms with van der Waals surface area (Å²) in [5, 5.41) is 6.18. The van der Waals surface area contributed by atoms with Gasteiger partial charge in [-0.3, -0.25) is 0 Å². The van der Waals surface area contributed by atoms with E-state index in [0.29, 0.717) is 0 Å². The van der Waals surface area contributed by atoms with Crippen LogP contribution in [0.15, 0.2) is 24.3 Å². The first kappa shape index (κ1) is 22.4. The van der Waals surface area contributed by atoms with E-state index in [0.717, 1.165) is 0 Å². The molecule has 0 atom stereocenters. The van der Waals surface area contributed by atoms with Crippen LogP contribution in [0.25, 0.3) is 0 Å². The van der Waals surface area contributed by atoms with Gasteiger partial charge in [-0.25, -0.2) is 0 Å². The van der Waals surface area contributed by atoms with Crippen LogP contribution in [-0.2, 0) is 0 Å². The van der Waals surface area contributed by atoms with Crippen molar-refractivity contribution in [2.24, 2.45) is 0 Å². The molecule has 24 heavy (non-hydrogen) atoms. The predicted octanol–water partition coefficient (Wildman–Crippen LogP) is 6.29. The van der Waals surface area contributed by atoms with Crippen LogP contribution in [-0.4, -0.2) is 29.3 Å². The minimum absolute atomic E-state index is 0.833. The molecule has 1 aromatic carbocycles. The van der Waals surface area contributed by atoms with Crippen LogP contribution < -0.4 is 8.70 Å². The van der Waals surface area contributed by atoms with Crippen LogP contribution in [0.2, 0.25) is 20.8 Å². The molecule has 0 heterocycles. The van der Waals surface area contributed by atoms with Crippen molar-refractivity contribution in [2.45, 2.75) is 99.9 Å². The van der Waals surface area contributed by atoms with Crippen molar-refractivity contribution in [1.82, 2.24) is 0 Å². The fourth-order valence-corrected chi connectivity index (χ4v) is 17.9. The topological polar surface area (TPSA) is 0 Å². The molecular weight excluding hydrogens is 414 g/mol. The second-order valence-electron chi connectivity index (χ2n) is 6.88. The van der Waals surface area contributed by atoms with E-state index in [-0.39, 0.29) is 0 Å². The number of unbranched alkanes of at least 4 members (excludes halogenated alkanes) is 4. The van der Waals surface area contributed by atoms with E-state index in [4.69, 9.17) is 0 Å². The van der Waals surface area contributed by atoms with Gasteiger partial charge in [0.15, 0.2) is 0 Å². The molecule has 0 amide bonds. The van der Waals surface area contributed by atoms with E-state index >= 15 is 0 Å². The van der Waals surface area contributed by atoms with Crippen LogP contribution in [0.5, 0.6) is 0 Å². The molecule has 0 N–H and O–H groups in total. The fraction of sp³-hybridized carbons (Fsp3) is 0.727. The summed E-state index contributed by atoms with van der Waals surface area (Å²) in [5.74, 6) is 0. The van der Waals surface area contributed by atoms with Crippen molar-refractivity contribution < 1.29 is 0 Å². The Kier molecular flexibility index (Phi) is 13.5. The van der Waals surface area contributed by atoms with Crippen LogP contribution in [0.4, 0.5) is 0 Å². The second kappa shape index (κ2) is 14.5. The van der Waals surface area contributed by atoms with Gasteiger partial charge in [0.05, 0.1) is 0 Å². The summed E-state index contributed by atoms with van der Waals surface area (Å²) in [6.45, 7) is 9.44. The molecule has 0 nitrogen and oxygen atoms in total. The molecule has 0 bridgehead atoms. The van der Waals surface area contributed by atoms with Crippen molar-refractivity contribution in [1.29, 1.82) is 0 Å². The zero-order valence-electron chi connectivity index (χ0n) is 16.7. The quantitative estimate of drug-likeness (QED) is 0.290. The van der Waals surface area contributed by atoms with Crippen molar-refractivity contribution >= 4 is 38.0 Å². The average Bonchev–Trinajstić information content (AvgIpc) is 2.62. The van der Waals surface area contributed by atoms with Gasteiger partial charge in [-0.1, -0.05) is 0 Å². The monoisotopic (exact) mass is 454 g/mol. The van der Waals surface area contributed by atoms with E-state index in [2.05, 4.69) is 52.0 Å². The van der Waals surface area contributed by atoms with Crippen molar-refractivity contribution in [3.63, 3.8) is 0 Å². The molecule has 0 aliphatic rings. The third-order valence-electron chi connectivity index (χ3n) is 4.69. The van der Waals surface area contributed by atoms with E-state index < -0.39 is 29.3 Å². The van der Waals surface area contributed by atoms with E-state index in [1.54, 1.807) is 20.8 Å². The Morgan fingerprint density at radius 1 is 0.542 bits per heavy atom. The SMILES string of the molecule is CCCC[As](CCCC)c1ccccc1[As](CCCC)CCCC. The molecule has 0 saturated heterocycles. The molecular formula is C22H40As2. The van der Waals surface area contributed by atoms with Gasteiger partial charge in [-0.2, -0.15) is 0 Å². The third-order valence-corrected chi connectivity index (χ3v) is 17.2. The Balaban J connectivity index is 3.01. The van der Waals surface area contributed by atoms with Gasteiger partial charge in [0.1, 0.15) is 0 Å². The van der Waals surface area contributed by atoms with E-state index in [1.807, 2.05) is 8.70 Å². The predicted molar refractivity (Wildman–Crippen MR) is 116 cm³/mol. The molecule has 0 spiro atoms. The molecule has 1 rings (SSSR count). The molecule has 0 radical (unpaired) electrons. The summed E-state index contributed by atoms with van der Waals surface area (Å²) in [6, 6.07) is 9.79. The van der Waals surface area contributed by atoms with Crippen molar-refractivity contribution in [3.05, 3.63) is 24.3 Å². The molecule has 138 valence electrons. The number of hydrogen-bond acceptors (Lipinski definition) is 0.